The molecule has 0 saturated heterocycles. The first-order valence-corrected chi connectivity index (χ1v) is 6.52. The zero-order chi connectivity index (χ0) is 14.5. The van der Waals surface area contributed by atoms with Gasteiger partial charge in [-0.15, -0.1) is 0 Å². The molecule has 0 aromatic heterocycles. The molecular formula is C15H24N2O2. The van der Waals surface area contributed by atoms with Crippen LogP contribution in [0.1, 0.15) is 32.8 Å². The van der Waals surface area contributed by atoms with Crippen molar-refractivity contribution in [2.75, 3.05) is 13.2 Å². The van der Waals surface area contributed by atoms with E-state index in [1.165, 1.54) is 0 Å². The first-order valence-electron chi connectivity index (χ1n) is 6.52. The van der Waals surface area contributed by atoms with Crippen molar-refractivity contribution in [1.82, 2.24) is 0 Å². The lowest BCUT2D eigenvalue weighted by Gasteiger charge is -2.30. The molecule has 0 bridgehead atoms. The van der Waals surface area contributed by atoms with E-state index in [0.29, 0.717) is 18.1 Å². The molecule has 4 N–H and O–H groups in total. The number of hydrogen-bond acceptors (Lipinski definition) is 3. The minimum atomic E-state index is 0.0550. The summed E-state index contributed by atoms with van der Waals surface area (Å²) in [5.41, 5.74) is 6.19. The predicted molar refractivity (Wildman–Crippen MR) is 77.6 cm³/mol. The fraction of sp³-hybridized carbons (Fsp3) is 0.533. The summed E-state index contributed by atoms with van der Waals surface area (Å²) >= 11 is 0. The topological polar surface area (TPSA) is 79.3 Å². The number of hydrogen-bond donors (Lipinski definition) is 3. The molecule has 0 aliphatic rings. The fourth-order valence-electron chi connectivity index (χ4n) is 1.85. The van der Waals surface area contributed by atoms with Gasteiger partial charge in [0, 0.05) is 18.1 Å². The number of amidine groups is 1. The lowest BCUT2D eigenvalue weighted by molar-refractivity contribution is 0.114. The van der Waals surface area contributed by atoms with Crippen LogP contribution in [0.3, 0.4) is 0 Å². The van der Waals surface area contributed by atoms with Crippen LogP contribution in [-0.4, -0.2) is 24.2 Å². The van der Waals surface area contributed by atoms with Gasteiger partial charge in [-0.05, 0) is 36.1 Å². The van der Waals surface area contributed by atoms with E-state index in [4.69, 9.17) is 21.0 Å². The van der Waals surface area contributed by atoms with Crippen molar-refractivity contribution in [3.63, 3.8) is 0 Å². The van der Waals surface area contributed by atoms with Crippen molar-refractivity contribution in [3.8, 4) is 5.75 Å². The van der Waals surface area contributed by atoms with E-state index in [1.54, 1.807) is 12.1 Å². The van der Waals surface area contributed by atoms with Gasteiger partial charge in [-0.1, -0.05) is 20.8 Å². The Kier molecular flexibility index (Phi) is 5.36. The van der Waals surface area contributed by atoms with Gasteiger partial charge in [-0.3, -0.25) is 5.41 Å². The molecule has 1 aromatic carbocycles. The average molecular weight is 264 g/mol. The number of aliphatic hydroxyl groups is 1. The van der Waals surface area contributed by atoms with Crippen LogP contribution in [0.25, 0.3) is 0 Å². The Labute approximate surface area is 115 Å². The first kappa shape index (κ1) is 15.5. The molecule has 1 rings (SSSR count). The lowest BCUT2D eigenvalue weighted by Crippen LogP contribution is -2.27. The van der Waals surface area contributed by atoms with Crippen molar-refractivity contribution in [2.45, 2.75) is 27.2 Å². The number of ether oxygens (including phenoxy) is 1. The van der Waals surface area contributed by atoms with Crippen molar-refractivity contribution in [3.05, 3.63) is 29.8 Å². The van der Waals surface area contributed by atoms with E-state index in [2.05, 4.69) is 20.8 Å². The lowest BCUT2D eigenvalue weighted by atomic mass is 9.79. The predicted octanol–water partition coefficient (Wildman–Crippen LogP) is 2.39. The van der Waals surface area contributed by atoms with Gasteiger partial charge in [-0.2, -0.15) is 0 Å². The molecule has 0 aliphatic heterocycles. The Morgan fingerprint density at radius 2 is 1.89 bits per heavy atom. The van der Waals surface area contributed by atoms with Gasteiger partial charge in [0.2, 0.25) is 0 Å². The Hall–Kier alpha value is -1.55. The molecule has 106 valence electrons. The highest BCUT2D eigenvalue weighted by Crippen LogP contribution is 2.29. The van der Waals surface area contributed by atoms with Crippen molar-refractivity contribution >= 4 is 5.84 Å². The standard InChI is InChI=1S/C15H24N2O2/c1-15(2,3)12(8-9-18)10-19-13-6-4-11(5-7-13)14(16)17/h4-7,12,18H,8-10H2,1-3H3,(H3,16,17). The Bertz CT molecular complexity index is 407. The zero-order valence-electron chi connectivity index (χ0n) is 11.9. The van der Waals surface area contributed by atoms with Gasteiger partial charge in [0.25, 0.3) is 0 Å². The average Bonchev–Trinajstić information content (AvgIpc) is 2.33. The Balaban J connectivity index is 2.61. The monoisotopic (exact) mass is 264 g/mol. The minimum Gasteiger partial charge on any atom is -0.493 e. The van der Waals surface area contributed by atoms with Gasteiger partial charge < -0.3 is 15.6 Å². The maximum absolute atomic E-state index is 9.10. The zero-order valence-corrected chi connectivity index (χ0v) is 11.9. The Morgan fingerprint density at radius 1 is 1.32 bits per heavy atom. The normalized spacial score (nSPS) is 13.1. The molecule has 0 aliphatic carbocycles. The maximum Gasteiger partial charge on any atom is 0.122 e. The number of rotatable bonds is 6. The molecule has 1 atom stereocenters. The van der Waals surface area contributed by atoms with Crippen LogP contribution in [0, 0.1) is 16.7 Å². The summed E-state index contributed by atoms with van der Waals surface area (Å²) in [6.07, 6.45) is 0.731. The first-order chi connectivity index (χ1) is 8.84. The number of nitrogens with two attached hydrogens (primary N) is 1. The molecule has 0 spiro atoms. The van der Waals surface area contributed by atoms with Gasteiger partial charge in [-0.25, -0.2) is 0 Å². The van der Waals surface area contributed by atoms with Crippen molar-refractivity contribution < 1.29 is 9.84 Å². The molecule has 0 radical (unpaired) electrons. The van der Waals surface area contributed by atoms with Gasteiger partial charge in [0.1, 0.15) is 11.6 Å². The highest BCUT2D eigenvalue weighted by atomic mass is 16.5. The molecule has 4 nitrogen and oxygen atoms in total. The van der Waals surface area contributed by atoms with E-state index < -0.39 is 0 Å². The second-order valence-corrected chi connectivity index (χ2v) is 5.82. The van der Waals surface area contributed by atoms with Crippen LogP contribution in [0.5, 0.6) is 5.75 Å². The highest BCUT2D eigenvalue weighted by Gasteiger charge is 2.24. The summed E-state index contributed by atoms with van der Waals surface area (Å²) in [6, 6.07) is 7.18. The van der Waals surface area contributed by atoms with Crippen LogP contribution in [0.15, 0.2) is 24.3 Å². The second kappa shape index (κ2) is 6.57. The van der Waals surface area contributed by atoms with Gasteiger partial charge >= 0.3 is 0 Å². The maximum atomic E-state index is 9.10. The summed E-state index contributed by atoms with van der Waals surface area (Å²) in [7, 11) is 0. The highest BCUT2D eigenvalue weighted by molar-refractivity contribution is 5.94. The third-order valence-corrected chi connectivity index (χ3v) is 3.32. The SMILES string of the molecule is CC(C)(C)C(CCO)COc1ccc(C(=N)N)cc1. The third-order valence-electron chi connectivity index (χ3n) is 3.32. The van der Waals surface area contributed by atoms with Crippen molar-refractivity contribution in [1.29, 1.82) is 5.41 Å². The molecule has 4 heteroatoms. The quantitative estimate of drug-likeness (QED) is 0.545. The van der Waals surface area contributed by atoms with E-state index in [0.717, 1.165) is 12.2 Å². The molecule has 0 amide bonds. The number of benzene rings is 1. The third kappa shape index (κ3) is 4.91. The molecule has 0 saturated carbocycles. The summed E-state index contributed by atoms with van der Waals surface area (Å²) in [5.74, 6) is 1.11. The Morgan fingerprint density at radius 3 is 2.32 bits per heavy atom. The number of nitrogen functional groups attached to an aromatic ring is 1. The molecule has 1 aromatic rings. The van der Waals surface area contributed by atoms with E-state index in [-0.39, 0.29) is 17.9 Å². The van der Waals surface area contributed by atoms with Gasteiger partial charge in [0.15, 0.2) is 0 Å². The molecule has 0 fully saturated rings. The number of nitrogens with one attached hydrogen (secondary N) is 1. The summed E-state index contributed by atoms with van der Waals surface area (Å²) in [5, 5.41) is 16.4. The molecule has 1 unspecified atom stereocenters. The smallest absolute Gasteiger partial charge is 0.122 e. The summed E-state index contributed by atoms with van der Waals surface area (Å²) in [4.78, 5) is 0. The van der Waals surface area contributed by atoms with Crippen LogP contribution in [-0.2, 0) is 0 Å². The van der Waals surface area contributed by atoms with E-state index >= 15 is 0 Å². The molecule has 0 heterocycles. The largest absolute Gasteiger partial charge is 0.493 e. The van der Waals surface area contributed by atoms with Crippen LogP contribution in [0.4, 0.5) is 0 Å². The number of aliphatic hydroxyl groups excluding tert-OH is 1. The van der Waals surface area contributed by atoms with E-state index in [9.17, 15) is 0 Å². The minimum absolute atomic E-state index is 0.0550. The van der Waals surface area contributed by atoms with E-state index in [1.807, 2.05) is 12.1 Å². The molecular weight excluding hydrogens is 240 g/mol. The van der Waals surface area contributed by atoms with Crippen molar-refractivity contribution in [2.24, 2.45) is 17.1 Å². The van der Waals surface area contributed by atoms with Crippen LogP contribution >= 0.6 is 0 Å². The fourth-order valence-corrected chi connectivity index (χ4v) is 1.85. The second-order valence-electron chi connectivity index (χ2n) is 5.82. The summed E-state index contributed by atoms with van der Waals surface area (Å²) < 4.78 is 5.76. The van der Waals surface area contributed by atoms with Crippen LogP contribution in [0.2, 0.25) is 0 Å². The van der Waals surface area contributed by atoms with Crippen LogP contribution < -0.4 is 10.5 Å². The summed E-state index contributed by atoms with van der Waals surface area (Å²) in [6.45, 7) is 7.19. The van der Waals surface area contributed by atoms with Gasteiger partial charge in [0.05, 0.1) is 6.61 Å². The molecule has 19 heavy (non-hydrogen) atoms.